The molecule has 0 spiro atoms. The smallest absolute Gasteiger partial charge is 0.236 e. The maximum Gasteiger partial charge on any atom is 0.236 e. The number of hydrogen-bond acceptors (Lipinski definition) is 3. The van der Waals surface area contributed by atoms with Gasteiger partial charge in [-0.25, -0.2) is 0 Å². The van der Waals surface area contributed by atoms with Gasteiger partial charge in [-0.3, -0.25) is 9.79 Å². The zero-order valence-corrected chi connectivity index (χ0v) is 7.68. The summed E-state index contributed by atoms with van der Waals surface area (Å²) in [5.41, 5.74) is 5.10. The van der Waals surface area contributed by atoms with E-state index in [0.29, 0.717) is 6.67 Å². The third-order valence-electron chi connectivity index (χ3n) is 2.04. The number of rotatable bonds is 2. The summed E-state index contributed by atoms with van der Waals surface area (Å²) in [4.78, 5) is 16.8. The number of carbonyl (C=O) groups excluding carboxylic acids is 1. The van der Waals surface area contributed by atoms with Gasteiger partial charge < -0.3 is 10.6 Å². The highest BCUT2D eigenvalue weighted by Crippen LogP contribution is 1.91. The van der Waals surface area contributed by atoms with E-state index in [1.165, 1.54) is 0 Å². The minimum Gasteiger partial charge on any atom is -0.368 e. The van der Waals surface area contributed by atoms with Gasteiger partial charge in [-0.2, -0.15) is 0 Å². The Labute approximate surface area is 81.4 Å². The van der Waals surface area contributed by atoms with Gasteiger partial charge in [0.05, 0.1) is 11.9 Å². The van der Waals surface area contributed by atoms with E-state index < -0.39 is 0 Å². The van der Waals surface area contributed by atoms with Crippen molar-refractivity contribution in [3.05, 3.63) is 34.8 Å². The molecule has 0 bridgehead atoms. The molecule has 0 aromatic heterocycles. The number of amides is 1. The minimum absolute atomic E-state index is 0.220. The molecule has 4 heteroatoms. The summed E-state index contributed by atoms with van der Waals surface area (Å²) in [6, 6.07) is 7.80. The first-order valence-electron chi connectivity index (χ1n) is 4.39. The van der Waals surface area contributed by atoms with Crippen molar-refractivity contribution in [3.63, 3.8) is 0 Å². The summed E-state index contributed by atoms with van der Waals surface area (Å²) >= 11 is 0. The molecule has 0 aliphatic carbocycles. The lowest BCUT2D eigenvalue weighted by Gasteiger charge is -2.18. The monoisotopic (exact) mass is 189 g/mol. The van der Waals surface area contributed by atoms with Crippen LogP contribution in [0.1, 0.15) is 0 Å². The molecule has 14 heavy (non-hydrogen) atoms. The van der Waals surface area contributed by atoms with Crippen LogP contribution in [0.5, 0.6) is 0 Å². The predicted molar refractivity (Wildman–Crippen MR) is 52.5 cm³/mol. The van der Waals surface area contributed by atoms with E-state index in [1.54, 1.807) is 4.90 Å². The van der Waals surface area contributed by atoms with Crippen LogP contribution in [0.3, 0.4) is 0 Å². The minimum atomic E-state index is -0.337. The van der Waals surface area contributed by atoms with E-state index >= 15 is 0 Å². The predicted octanol–water partition coefficient (Wildman–Crippen LogP) is -1.20. The third kappa shape index (κ3) is 1.74. The maximum absolute atomic E-state index is 10.7. The van der Waals surface area contributed by atoms with Gasteiger partial charge in [0, 0.05) is 11.4 Å². The van der Waals surface area contributed by atoms with Gasteiger partial charge in [0.1, 0.15) is 6.67 Å². The molecule has 0 saturated heterocycles. The molecule has 0 unspecified atom stereocenters. The van der Waals surface area contributed by atoms with Crippen molar-refractivity contribution >= 4 is 12.1 Å². The largest absolute Gasteiger partial charge is 0.368 e. The highest BCUT2D eigenvalue weighted by atomic mass is 16.1. The summed E-state index contributed by atoms with van der Waals surface area (Å²) in [6.07, 6.45) is 1.91. The molecule has 72 valence electrons. The first-order chi connectivity index (χ1) is 6.75. The van der Waals surface area contributed by atoms with Crippen molar-refractivity contribution < 1.29 is 4.79 Å². The van der Waals surface area contributed by atoms with Crippen molar-refractivity contribution in [3.8, 4) is 0 Å². The van der Waals surface area contributed by atoms with E-state index in [0.717, 1.165) is 10.6 Å². The number of para-hydroxylation sites is 1. The summed E-state index contributed by atoms with van der Waals surface area (Å²) < 4.78 is 0. The second-order valence-electron chi connectivity index (χ2n) is 3.20. The molecule has 0 radical (unpaired) electrons. The van der Waals surface area contributed by atoms with Crippen molar-refractivity contribution in [2.24, 2.45) is 10.7 Å². The SMILES string of the molecule is NC(=O)CN1C=c2ccccc2=NC1. The fourth-order valence-electron chi connectivity index (χ4n) is 1.44. The summed E-state index contributed by atoms with van der Waals surface area (Å²) in [5, 5.41) is 1.99. The van der Waals surface area contributed by atoms with Gasteiger partial charge in [0.15, 0.2) is 0 Å². The van der Waals surface area contributed by atoms with Crippen LogP contribution in [-0.4, -0.2) is 24.0 Å². The molecule has 0 atom stereocenters. The Morgan fingerprint density at radius 3 is 3.07 bits per heavy atom. The van der Waals surface area contributed by atoms with Gasteiger partial charge in [-0.15, -0.1) is 0 Å². The Morgan fingerprint density at radius 1 is 1.50 bits per heavy atom. The molecule has 0 saturated carbocycles. The maximum atomic E-state index is 10.7. The standard InChI is InChI=1S/C10H11N3O/c11-10(14)6-13-5-8-3-1-2-4-9(8)12-7-13/h1-5H,6-7H2,(H2,11,14). The van der Waals surface area contributed by atoms with E-state index in [2.05, 4.69) is 4.99 Å². The van der Waals surface area contributed by atoms with E-state index in [9.17, 15) is 4.79 Å². The molecule has 1 aromatic carbocycles. The molecular weight excluding hydrogens is 178 g/mol. The third-order valence-corrected chi connectivity index (χ3v) is 2.04. The van der Waals surface area contributed by atoms with Gasteiger partial charge in [0.25, 0.3) is 0 Å². The van der Waals surface area contributed by atoms with Crippen LogP contribution in [0, 0.1) is 0 Å². The Hall–Kier alpha value is -1.84. The normalized spacial score (nSPS) is 13.9. The van der Waals surface area contributed by atoms with E-state index in [4.69, 9.17) is 5.73 Å². The molecule has 1 aliphatic heterocycles. The number of nitrogens with zero attached hydrogens (tertiary/aromatic N) is 2. The zero-order chi connectivity index (χ0) is 9.97. The Balaban J connectivity index is 2.34. The molecule has 0 fully saturated rings. The van der Waals surface area contributed by atoms with Crippen molar-refractivity contribution in [2.45, 2.75) is 0 Å². The lowest BCUT2D eigenvalue weighted by molar-refractivity contribution is -0.118. The van der Waals surface area contributed by atoms with Crippen LogP contribution >= 0.6 is 0 Å². The highest BCUT2D eigenvalue weighted by molar-refractivity contribution is 5.76. The lowest BCUT2D eigenvalue weighted by Crippen LogP contribution is -2.39. The van der Waals surface area contributed by atoms with Crippen LogP contribution in [-0.2, 0) is 4.79 Å². The first kappa shape index (κ1) is 8.74. The van der Waals surface area contributed by atoms with Crippen LogP contribution in [0.15, 0.2) is 29.3 Å². The summed E-state index contributed by atoms with van der Waals surface area (Å²) in [7, 11) is 0. The van der Waals surface area contributed by atoms with E-state index in [-0.39, 0.29) is 12.5 Å². The molecule has 2 rings (SSSR count). The second kappa shape index (κ2) is 3.49. The Kier molecular flexibility index (Phi) is 2.18. The zero-order valence-electron chi connectivity index (χ0n) is 7.68. The van der Waals surface area contributed by atoms with Crippen LogP contribution in [0.4, 0.5) is 0 Å². The second-order valence-corrected chi connectivity index (χ2v) is 3.20. The van der Waals surface area contributed by atoms with Gasteiger partial charge in [-0.05, 0) is 6.07 Å². The van der Waals surface area contributed by atoms with Crippen molar-refractivity contribution in [1.29, 1.82) is 0 Å². The molecule has 1 heterocycles. The number of hydrogen-bond donors (Lipinski definition) is 1. The molecular formula is C10H11N3O. The highest BCUT2D eigenvalue weighted by Gasteiger charge is 2.05. The Bertz CT molecular complexity index is 467. The lowest BCUT2D eigenvalue weighted by atomic mass is 10.3. The molecule has 4 nitrogen and oxygen atoms in total. The topological polar surface area (TPSA) is 58.7 Å². The molecule has 2 N–H and O–H groups in total. The number of primary amides is 1. The molecule has 1 aromatic rings. The average molecular weight is 189 g/mol. The van der Waals surface area contributed by atoms with Gasteiger partial charge >= 0.3 is 0 Å². The van der Waals surface area contributed by atoms with Crippen LogP contribution in [0.25, 0.3) is 6.20 Å². The van der Waals surface area contributed by atoms with E-state index in [1.807, 2.05) is 30.5 Å². The fraction of sp³-hybridized carbons (Fsp3) is 0.200. The average Bonchev–Trinajstić information content (AvgIpc) is 2.17. The first-order valence-corrected chi connectivity index (χ1v) is 4.39. The van der Waals surface area contributed by atoms with Crippen molar-refractivity contribution in [2.75, 3.05) is 13.2 Å². The molecule has 1 aliphatic rings. The number of carbonyl (C=O) groups is 1. The summed E-state index contributed by atoms with van der Waals surface area (Å²) in [5.74, 6) is -0.337. The quantitative estimate of drug-likeness (QED) is 0.635. The number of fused-ring (bicyclic) bond motifs is 1. The van der Waals surface area contributed by atoms with Gasteiger partial charge in [-0.1, -0.05) is 18.2 Å². The van der Waals surface area contributed by atoms with Crippen LogP contribution in [0.2, 0.25) is 0 Å². The van der Waals surface area contributed by atoms with Crippen molar-refractivity contribution in [1.82, 2.24) is 4.90 Å². The summed E-state index contributed by atoms with van der Waals surface area (Å²) in [6.45, 7) is 0.720. The fourth-order valence-corrected chi connectivity index (χ4v) is 1.44. The van der Waals surface area contributed by atoms with Crippen LogP contribution < -0.4 is 16.3 Å². The molecule has 1 amide bonds. The Morgan fingerprint density at radius 2 is 2.29 bits per heavy atom. The number of nitrogens with two attached hydrogens (primary N) is 1. The number of benzene rings is 1. The van der Waals surface area contributed by atoms with Gasteiger partial charge in [0.2, 0.25) is 5.91 Å².